The van der Waals surface area contributed by atoms with Crippen molar-refractivity contribution < 1.29 is 19.1 Å². The van der Waals surface area contributed by atoms with E-state index in [-0.39, 0.29) is 18.0 Å². The summed E-state index contributed by atoms with van der Waals surface area (Å²) in [7, 11) is 0. The molecule has 0 amide bonds. The van der Waals surface area contributed by atoms with E-state index in [4.69, 9.17) is 9.47 Å². The first-order chi connectivity index (χ1) is 16.4. The lowest BCUT2D eigenvalue weighted by Crippen LogP contribution is -2.50. The highest BCUT2D eigenvalue weighted by atomic mass is 16.5. The summed E-state index contributed by atoms with van der Waals surface area (Å²) < 4.78 is 11.1. The number of esters is 2. The lowest BCUT2D eigenvalue weighted by molar-refractivity contribution is -0.137. The maximum atomic E-state index is 12.9. The molecule has 2 aliphatic carbocycles. The summed E-state index contributed by atoms with van der Waals surface area (Å²) in [6.45, 7) is 11.2. The predicted octanol–water partition coefficient (Wildman–Crippen LogP) is 6.79. The smallest absolute Gasteiger partial charge is 0.338 e. The molecule has 2 saturated carbocycles. The van der Waals surface area contributed by atoms with Crippen LogP contribution in [0.1, 0.15) is 64.2 Å². The van der Waals surface area contributed by atoms with Crippen LogP contribution in [-0.4, -0.2) is 24.6 Å². The molecule has 0 aromatic heterocycles. The first-order valence-electron chi connectivity index (χ1n) is 12.8. The molecule has 184 valence electrons. The Balaban J connectivity index is 1.87. The average Bonchev–Trinajstić information content (AvgIpc) is 2.83. The van der Waals surface area contributed by atoms with Crippen molar-refractivity contribution in [3.63, 3.8) is 0 Å². The van der Waals surface area contributed by atoms with Crippen molar-refractivity contribution in [2.45, 2.75) is 60.0 Å². The summed E-state index contributed by atoms with van der Waals surface area (Å²) in [5, 5.41) is 0. The second-order valence-electron chi connectivity index (χ2n) is 9.95. The molecule has 1 aromatic rings. The predicted molar refractivity (Wildman–Crippen MR) is 136 cm³/mol. The third kappa shape index (κ3) is 6.08. The Morgan fingerprint density at radius 1 is 1.06 bits per heavy atom. The van der Waals surface area contributed by atoms with Gasteiger partial charge in [0.2, 0.25) is 0 Å². The zero-order valence-corrected chi connectivity index (χ0v) is 21.3. The molecule has 4 nitrogen and oxygen atoms in total. The second kappa shape index (κ2) is 12.2. The molecule has 2 fully saturated rings. The van der Waals surface area contributed by atoms with Gasteiger partial charge >= 0.3 is 11.9 Å². The number of fused-ring (bicyclic) bond motifs is 1. The monoisotopic (exact) mass is 464 g/mol. The molecule has 0 unspecified atom stereocenters. The van der Waals surface area contributed by atoms with Crippen molar-refractivity contribution >= 4 is 11.9 Å². The largest absolute Gasteiger partial charge is 0.463 e. The van der Waals surface area contributed by atoms with E-state index < -0.39 is 0 Å². The van der Waals surface area contributed by atoms with E-state index in [1.807, 2.05) is 36.4 Å². The number of hydrogen-bond acceptors (Lipinski definition) is 4. The van der Waals surface area contributed by atoms with Crippen LogP contribution in [0, 0.1) is 35.5 Å². The fourth-order valence-corrected chi connectivity index (χ4v) is 6.31. The van der Waals surface area contributed by atoms with Gasteiger partial charge in [-0.25, -0.2) is 9.59 Å². The fourth-order valence-electron chi connectivity index (χ4n) is 6.31. The number of carbonyl (C=O) groups is 2. The maximum absolute atomic E-state index is 12.9. The normalized spacial score (nSPS) is 31.9. The molecule has 0 N–H and O–H groups in total. The summed E-state index contributed by atoms with van der Waals surface area (Å²) in [5.74, 6) is 1.99. The van der Waals surface area contributed by atoms with Crippen molar-refractivity contribution in [3.8, 4) is 0 Å². The van der Waals surface area contributed by atoms with Crippen LogP contribution in [-0.2, 0) is 14.3 Å². The van der Waals surface area contributed by atoms with Crippen molar-refractivity contribution in [2.75, 3.05) is 6.61 Å². The Labute approximate surface area is 205 Å². The summed E-state index contributed by atoms with van der Waals surface area (Å²) in [6, 6.07) is 9.30. The number of carbonyl (C=O) groups excluding carboxylic acids is 2. The molecular weight excluding hydrogens is 424 g/mol. The molecule has 0 aliphatic heterocycles. The zero-order valence-electron chi connectivity index (χ0n) is 21.3. The molecule has 7 atom stereocenters. The lowest BCUT2D eigenvalue weighted by Gasteiger charge is -2.53. The van der Waals surface area contributed by atoms with Gasteiger partial charge in [0.15, 0.2) is 0 Å². The Hall–Kier alpha value is -2.62. The number of allylic oxidation sites excluding steroid dienone is 5. The lowest BCUT2D eigenvalue weighted by atomic mass is 9.53. The summed E-state index contributed by atoms with van der Waals surface area (Å²) >= 11 is 0. The minimum atomic E-state index is -0.317. The fraction of sp³-hybridized carbons (Fsp3) is 0.533. The number of rotatable bonds is 7. The molecule has 2 aliphatic rings. The summed E-state index contributed by atoms with van der Waals surface area (Å²) in [6.07, 6.45) is 12.7. The Morgan fingerprint density at radius 2 is 1.79 bits per heavy atom. The van der Waals surface area contributed by atoms with Crippen LogP contribution in [0.3, 0.4) is 0 Å². The molecule has 0 bridgehead atoms. The Bertz CT molecular complexity index is 913. The maximum Gasteiger partial charge on any atom is 0.338 e. The minimum Gasteiger partial charge on any atom is -0.463 e. The van der Waals surface area contributed by atoms with Gasteiger partial charge in [-0.15, -0.1) is 0 Å². The topological polar surface area (TPSA) is 52.6 Å². The van der Waals surface area contributed by atoms with E-state index in [1.54, 1.807) is 13.0 Å². The van der Waals surface area contributed by atoms with Crippen molar-refractivity contribution in [3.05, 3.63) is 71.8 Å². The van der Waals surface area contributed by atoms with Crippen LogP contribution in [0.25, 0.3) is 0 Å². The van der Waals surface area contributed by atoms with Crippen LogP contribution in [0.15, 0.2) is 66.3 Å². The molecule has 0 saturated heterocycles. The number of benzene rings is 1. The van der Waals surface area contributed by atoms with E-state index in [9.17, 15) is 9.59 Å². The van der Waals surface area contributed by atoms with Gasteiger partial charge in [0.25, 0.3) is 0 Å². The summed E-state index contributed by atoms with van der Waals surface area (Å²) in [4.78, 5) is 24.6. The van der Waals surface area contributed by atoms with E-state index in [1.165, 1.54) is 11.6 Å². The van der Waals surface area contributed by atoms with Crippen LogP contribution in [0.5, 0.6) is 0 Å². The molecule has 0 radical (unpaired) electrons. The van der Waals surface area contributed by atoms with Gasteiger partial charge < -0.3 is 9.47 Å². The quantitative estimate of drug-likeness (QED) is 0.193. The van der Waals surface area contributed by atoms with Gasteiger partial charge in [-0.2, -0.15) is 0 Å². The van der Waals surface area contributed by atoms with Crippen molar-refractivity contribution in [2.24, 2.45) is 35.5 Å². The molecule has 34 heavy (non-hydrogen) atoms. The highest BCUT2D eigenvalue weighted by Crippen LogP contribution is 2.54. The molecule has 0 heterocycles. The van der Waals surface area contributed by atoms with E-state index in [0.717, 1.165) is 19.3 Å². The molecule has 4 heteroatoms. The third-order valence-corrected chi connectivity index (χ3v) is 7.86. The van der Waals surface area contributed by atoms with Crippen LogP contribution < -0.4 is 0 Å². The summed E-state index contributed by atoms with van der Waals surface area (Å²) in [5.41, 5.74) is 2.02. The SMILES string of the molecule is CC=C(C)[C@H]1[C@@H](C=CC=CC(=O)OCC)[C@H]2[C@@H](C[C@@H]1C)[C@@H](OC(=O)c1ccccc1)CC[C@@H]2C. The van der Waals surface area contributed by atoms with Crippen LogP contribution >= 0.6 is 0 Å². The van der Waals surface area contributed by atoms with E-state index in [2.05, 4.69) is 39.8 Å². The highest BCUT2D eigenvalue weighted by molar-refractivity contribution is 5.89. The first kappa shape index (κ1) is 26.0. The van der Waals surface area contributed by atoms with Gasteiger partial charge in [-0.05, 0) is 87.7 Å². The Morgan fingerprint density at radius 3 is 2.47 bits per heavy atom. The number of ether oxygens (including phenoxy) is 2. The Kier molecular flexibility index (Phi) is 9.32. The minimum absolute atomic E-state index is 0.0609. The second-order valence-corrected chi connectivity index (χ2v) is 9.95. The van der Waals surface area contributed by atoms with Gasteiger partial charge in [-0.1, -0.05) is 61.9 Å². The van der Waals surface area contributed by atoms with Crippen molar-refractivity contribution in [1.29, 1.82) is 0 Å². The van der Waals surface area contributed by atoms with Crippen LogP contribution in [0.4, 0.5) is 0 Å². The average molecular weight is 465 g/mol. The van der Waals surface area contributed by atoms with Gasteiger partial charge in [0.1, 0.15) is 6.10 Å². The standard InChI is InChI=1S/C30H40O4/c1-6-20(3)28-22(5)19-25-26(34-30(32)23-13-9-8-10-14-23)18-17-21(4)29(25)24(28)15-11-12-16-27(31)33-7-2/h6,8-16,21-22,24-26,28-29H,7,17-19H2,1-5H3/t21-,22-,24+,25-,26-,28+,29-/m0/s1. The van der Waals surface area contributed by atoms with Crippen molar-refractivity contribution in [1.82, 2.24) is 0 Å². The van der Waals surface area contributed by atoms with Gasteiger partial charge in [0.05, 0.1) is 12.2 Å². The third-order valence-electron chi connectivity index (χ3n) is 7.86. The van der Waals surface area contributed by atoms with Crippen LogP contribution in [0.2, 0.25) is 0 Å². The first-order valence-corrected chi connectivity index (χ1v) is 12.8. The molecule has 1 aromatic carbocycles. The van der Waals surface area contributed by atoms with E-state index >= 15 is 0 Å². The van der Waals surface area contributed by atoms with Gasteiger partial charge in [0, 0.05) is 6.08 Å². The van der Waals surface area contributed by atoms with Gasteiger partial charge in [-0.3, -0.25) is 0 Å². The highest BCUT2D eigenvalue weighted by Gasteiger charge is 2.50. The molecule has 3 rings (SSSR count). The van der Waals surface area contributed by atoms with E-state index in [0.29, 0.717) is 47.7 Å². The molecule has 0 spiro atoms. The molecular formula is C30H40O4. The zero-order chi connectivity index (χ0) is 24.7. The number of hydrogen-bond donors (Lipinski definition) is 0.